The van der Waals surface area contributed by atoms with Crippen molar-refractivity contribution in [2.24, 2.45) is 23.5 Å². The molecule has 1 rings (SSSR count). The zero-order valence-electron chi connectivity index (χ0n) is 10.1. The monoisotopic (exact) mass is 249 g/mol. The summed E-state index contributed by atoms with van der Waals surface area (Å²) in [4.78, 5) is 0. The second kappa shape index (κ2) is 5.47. The zero-order valence-corrected chi connectivity index (χ0v) is 10.9. The Bertz CT molecular complexity index is 315. The second-order valence-electron chi connectivity index (χ2n) is 5.16. The number of hydrogen-bond acceptors (Lipinski definition) is 3. The molecule has 4 unspecified atom stereocenters. The van der Waals surface area contributed by atoms with E-state index in [1.54, 1.807) is 0 Å². The van der Waals surface area contributed by atoms with Crippen molar-refractivity contribution in [2.45, 2.75) is 51.3 Å². The van der Waals surface area contributed by atoms with E-state index in [0.29, 0.717) is 24.2 Å². The van der Waals surface area contributed by atoms with Gasteiger partial charge in [0.05, 0.1) is 0 Å². The van der Waals surface area contributed by atoms with Crippen molar-refractivity contribution in [3.05, 3.63) is 0 Å². The van der Waals surface area contributed by atoms with E-state index in [-0.39, 0.29) is 0 Å². The Kier molecular flexibility index (Phi) is 4.76. The fraction of sp³-hybridized carbons (Fsp3) is 1.00. The number of hydrogen-bond donors (Lipinski definition) is 2. The maximum Gasteiger partial charge on any atom is 0.280 e. The summed E-state index contributed by atoms with van der Waals surface area (Å²) in [6.45, 7) is 4.48. The molecule has 0 spiro atoms. The topological polar surface area (TPSA) is 80.4 Å². The molecule has 5 heteroatoms. The molecule has 0 amide bonds. The van der Waals surface area contributed by atoms with Crippen LogP contribution in [0.15, 0.2) is 0 Å². The SMILES string of the molecule is CC1CCCC(CCC(N)S(=O)(=O)O)C1C. The van der Waals surface area contributed by atoms with E-state index < -0.39 is 15.5 Å². The highest BCUT2D eigenvalue weighted by Gasteiger charge is 2.28. The van der Waals surface area contributed by atoms with E-state index in [1.807, 2.05) is 0 Å². The molecule has 96 valence electrons. The summed E-state index contributed by atoms with van der Waals surface area (Å²) in [6, 6.07) is 0. The molecule has 1 aliphatic carbocycles. The van der Waals surface area contributed by atoms with Crippen LogP contribution < -0.4 is 5.73 Å². The third kappa shape index (κ3) is 3.71. The fourth-order valence-corrected chi connectivity index (χ4v) is 3.06. The lowest BCUT2D eigenvalue weighted by Crippen LogP contribution is -2.32. The normalized spacial score (nSPS) is 33.6. The second-order valence-corrected chi connectivity index (χ2v) is 6.79. The Morgan fingerprint density at radius 1 is 1.38 bits per heavy atom. The molecule has 0 heterocycles. The molecule has 3 N–H and O–H groups in total. The number of rotatable bonds is 4. The lowest BCUT2D eigenvalue weighted by atomic mass is 9.72. The lowest BCUT2D eigenvalue weighted by Gasteiger charge is -2.34. The van der Waals surface area contributed by atoms with Crippen LogP contribution in [0.25, 0.3) is 0 Å². The van der Waals surface area contributed by atoms with Crippen LogP contribution in [0.4, 0.5) is 0 Å². The third-order valence-corrected chi connectivity index (χ3v) is 5.08. The van der Waals surface area contributed by atoms with Crippen molar-refractivity contribution in [1.29, 1.82) is 0 Å². The van der Waals surface area contributed by atoms with Gasteiger partial charge in [0.1, 0.15) is 5.37 Å². The van der Waals surface area contributed by atoms with Crippen LogP contribution in [0.2, 0.25) is 0 Å². The van der Waals surface area contributed by atoms with Crippen LogP contribution in [0, 0.1) is 17.8 Å². The summed E-state index contributed by atoms with van der Waals surface area (Å²) < 4.78 is 30.3. The van der Waals surface area contributed by atoms with E-state index in [0.717, 1.165) is 12.8 Å². The molecule has 1 aliphatic rings. The van der Waals surface area contributed by atoms with Gasteiger partial charge in [-0.05, 0) is 30.6 Å². The van der Waals surface area contributed by atoms with Gasteiger partial charge in [0, 0.05) is 0 Å². The summed E-state index contributed by atoms with van der Waals surface area (Å²) in [6.07, 6.45) is 4.80. The van der Waals surface area contributed by atoms with Crippen LogP contribution in [0.1, 0.15) is 46.0 Å². The average Bonchev–Trinajstić information content (AvgIpc) is 2.18. The summed E-state index contributed by atoms with van der Waals surface area (Å²) in [7, 11) is -4.06. The average molecular weight is 249 g/mol. The molecule has 0 aromatic heterocycles. The highest BCUT2D eigenvalue weighted by Crippen LogP contribution is 2.37. The molecular weight excluding hydrogens is 226 g/mol. The van der Waals surface area contributed by atoms with Gasteiger partial charge >= 0.3 is 0 Å². The maximum absolute atomic E-state index is 10.8. The van der Waals surface area contributed by atoms with E-state index in [1.165, 1.54) is 12.8 Å². The van der Waals surface area contributed by atoms with Crippen LogP contribution >= 0.6 is 0 Å². The maximum atomic E-state index is 10.8. The van der Waals surface area contributed by atoms with Gasteiger partial charge in [-0.1, -0.05) is 33.1 Å². The molecule has 4 nitrogen and oxygen atoms in total. The van der Waals surface area contributed by atoms with Gasteiger partial charge in [-0.15, -0.1) is 0 Å². The zero-order chi connectivity index (χ0) is 12.3. The molecule has 0 aromatic rings. The van der Waals surface area contributed by atoms with Crippen molar-refractivity contribution in [3.63, 3.8) is 0 Å². The first-order valence-corrected chi connectivity index (χ1v) is 7.54. The molecule has 1 fully saturated rings. The van der Waals surface area contributed by atoms with E-state index >= 15 is 0 Å². The van der Waals surface area contributed by atoms with Crippen LogP contribution in [0.3, 0.4) is 0 Å². The van der Waals surface area contributed by atoms with Gasteiger partial charge in [0.25, 0.3) is 10.1 Å². The quantitative estimate of drug-likeness (QED) is 0.747. The number of nitrogens with two attached hydrogens (primary N) is 1. The van der Waals surface area contributed by atoms with Gasteiger partial charge in [0.15, 0.2) is 0 Å². The lowest BCUT2D eigenvalue weighted by molar-refractivity contribution is 0.170. The molecule has 0 aromatic carbocycles. The van der Waals surface area contributed by atoms with Crippen molar-refractivity contribution in [3.8, 4) is 0 Å². The molecule has 16 heavy (non-hydrogen) atoms. The first-order chi connectivity index (χ1) is 7.32. The molecule has 0 saturated heterocycles. The first kappa shape index (κ1) is 13.9. The first-order valence-electron chi connectivity index (χ1n) is 6.04. The molecular formula is C11H23NO3S. The molecule has 1 saturated carbocycles. The third-order valence-electron chi connectivity index (χ3n) is 4.08. The van der Waals surface area contributed by atoms with Gasteiger partial charge < -0.3 is 5.73 Å². The van der Waals surface area contributed by atoms with Gasteiger partial charge in [0.2, 0.25) is 0 Å². The summed E-state index contributed by atoms with van der Waals surface area (Å²) in [5.74, 6) is 1.89. The van der Waals surface area contributed by atoms with Crippen molar-refractivity contribution in [2.75, 3.05) is 0 Å². The van der Waals surface area contributed by atoms with Crippen molar-refractivity contribution < 1.29 is 13.0 Å². The highest BCUT2D eigenvalue weighted by molar-refractivity contribution is 7.86. The van der Waals surface area contributed by atoms with Crippen LogP contribution in [0.5, 0.6) is 0 Å². The summed E-state index contributed by atoms with van der Waals surface area (Å²) >= 11 is 0. The molecule has 4 atom stereocenters. The molecule has 0 radical (unpaired) electrons. The Hall–Kier alpha value is -0.130. The minimum Gasteiger partial charge on any atom is -0.313 e. The Balaban J connectivity index is 2.43. The van der Waals surface area contributed by atoms with E-state index in [4.69, 9.17) is 10.3 Å². The Labute approximate surface area is 98.4 Å². The van der Waals surface area contributed by atoms with E-state index in [9.17, 15) is 8.42 Å². The predicted octanol–water partition coefficient (Wildman–Crippen LogP) is 2.01. The van der Waals surface area contributed by atoms with Gasteiger partial charge in [-0.25, -0.2) is 0 Å². The largest absolute Gasteiger partial charge is 0.313 e. The molecule has 0 aliphatic heterocycles. The fourth-order valence-electron chi connectivity index (χ4n) is 2.63. The van der Waals surface area contributed by atoms with E-state index in [2.05, 4.69) is 13.8 Å². The van der Waals surface area contributed by atoms with Crippen LogP contribution in [-0.2, 0) is 10.1 Å². The van der Waals surface area contributed by atoms with Gasteiger partial charge in [-0.2, -0.15) is 8.42 Å². The minimum absolute atomic E-state index is 0.362. The summed E-state index contributed by atoms with van der Waals surface area (Å²) in [5.41, 5.74) is 5.41. The Morgan fingerprint density at radius 2 is 2.00 bits per heavy atom. The predicted molar refractivity (Wildman–Crippen MR) is 64.4 cm³/mol. The van der Waals surface area contributed by atoms with Crippen LogP contribution in [-0.4, -0.2) is 18.3 Å². The standard InChI is InChI=1S/C11H23NO3S/c1-8-4-3-5-10(9(8)2)6-7-11(12)16(13,14)15/h8-11H,3-7,12H2,1-2H3,(H,13,14,15). The summed E-state index contributed by atoms with van der Waals surface area (Å²) in [5, 5.41) is -1.11. The minimum atomic E-state index is -4.06. The highest BCUT2D eigenvalue weighted by atomic mass is 32.2. The van der Waals surface area contributed by atoms with Crippen molar-refractivity contribution >= 4 is 10.1 Å². The smallest absolute Gasteiger partial charge is 0.280 e. The van der Waals surface area contributed by atoms with Crippen molar-refractivity contribution in [1.82, 2.24) is 0 Å². The van der Waals surface area contributed by atoms with Gasteiger partial charge in [-0.3, -0.25) is 4.55 Å². The Morgan fingerprint density at radius 3 is 2.56 bits per heavy atom. The molecule has 0 bridgehead atoms.